The summed E-state index contributed by atoms with van der Waals surface area (Å²) in [6, 6.07) is -0.211. The lowest BCUT2D eigenvalue weighted by Crippen LogP contribution is -2.35. The highest BCUT2D eigenvalue weighted by Crippen LogP contribution is 2.30. The third kappa shape index (κ3) is 2.69. The molecule has 1 N–H and O–H groups in total. The van der Waals surface area contributed by atoms with Crippen LogP contribution in [0.5, 0.6) is 0 Å². The fourth-order valence-corrected chi connectivity index (χ4v) is 5.66. The van der Waals surface area contributed by atoms with E-state index in [9.17, 15) is 13.2 Å². The summed E-state index contributed by atoms with van der Waals surface area (Å²) in [4.78, 5) is 13.6. The molecule has 1 aliphatic carbocycles. The molecule has 6 heteroatoms. The van der Waals surface area contributed by atoms with Crippen molar-refractivity contribution in [1.29, 1.82) is 0 Å². The number of carbonyl (C=O) groups excluding carboxylic acids is 1. The van der Waals surface area contributed by atoms with Crippen LogP contribution in [0, 0.1) is 0 Å². The van der Waals surface area contributed by atoms with Crippen molar-refractivity contribution in [1.82, 2.24) is 5.32 Å². The van der Waals surface area contributed by atoms with Crippen LogP contribution in [0.3, 0.4) is 0 Å². The second-order valence-electron chi connectivity index (χ2n) is 5.33. The molecule has 1 amide bonds. The molecule has 1 aromatic rings. The molecule has 19 heavy (non-hydrogen) atoms. The van der Waals surface area contributed by atoms with E-state index in [-0.39, 0.29) is 23.5 Å². The molecular weight excluding hydrogens is 282 g/mol. The Balaban J connectivity index is 1.73. The van der Waals surface area contributed by atoms with Gasteiger partial charge in [0, 0.05) is 16.3 Å². The van der Waals surface area contributed by atoms with Gasteiger partial charge in [0.2, 0.25) is 0 Å². The van der Waals surface area contributed by atoms with Crippen molar-refractivity contribution in [2.45, 2.75) is 38.1 Å². The zero-order valence-electron chi connectivity index (χ0n) is 10.6. The molecule has 0 saturated carbocycles. The average molecular weight is 299 g/mol. The van der Waals surface area contributed by atoms with Gasteiger partial charge in [-0.3, -0.25) is 4.79 Å². The maximum Gasteiger partial charge on any atom is 0.252 e. The summed E-state index contributed by atoms with van der Waals surface area (Å²) < 4.78 is 22.8. The Hall–Kier alpha value is -0.880. The Morgan fingerprint density at radius 3 is 2.84 bits per heavy atom. The van der Waals surface area contributed by atoms with Crippen LogP contribution in [0.4, 0.5) is 0 Å². The molecular formula is C13H17NO3S2. The minimum Gasteiger partial charge on any atom is -0.348 e. The van der Waals surface area contributed by atoms with E-state index in [2.05, 4.69) is 5.32 Å². The maximum atomic E-state index is 12.2. The Morgan fingerprint density at radius 1 is 1.32 bits per heavy atom. The highest BCUT2D eigenvalue weighted by atomic mass is 32.2. The predicted octanol–water partition coefficient (Wildman–Crippen LogP) is 1.54. The molecule has 4 nitrogen and oxygen atoms in total. The number of aryl methyl sites for hydroxylation is 1. The smallest absolute Gasteiger partial charge is 0.252 e. The van der Waals surface area contributed by atoms with Gasteiger partial charge in [-0.05, 0) is 37.7 Å². The van der Waals surface area contributed by atoms with E-state index in [0.29, 0.717) is 6.42 Å². The van der Waals surface area contributed by atoms with Gasteiger partial charge in [-0.1, -0.05) is 0 Å². The number of fused-ring (bicyclic) bond motifs is 1. The maximum absolute atomic E-state index is 12.2. The molecule has 104 valence electrons. The third-order valence-corrected chi connectivity index (χ3v) is 6.73. The lowest BCUT2D eigenvalue weighted by Gasteiger charge is -2.14. The zero-order chi connectivity index (χ0) is 13.5. The minimum absolute atomic E-state index is 0.0884. The molecule has 1 saturated heterocycles. The summed E-state index contributed by atoms with van der Waals surface area (Å²) in [7, 11) is -2.94. The van der Waals surface area contributed by atoms with Crippen molar-refractivity contribution in [2.24, 2.45) is 0 Å². The number of hydrogen-bond donors (Lipinski definition) is 1. The molecule has 0 bridgehead atoms. The average Bonchev–Trinajstić information content (AvgIpc) is 2.92. The van der Waals surface area contributed by atoms with Crippen molar-refractivity contribution in [3.05, 3.63) is 21.4 Å². The molecule has 2 aliphatic rings. The summed E-state index contributed by atoms with van der Waals surface area (Å²) in [5.41, 5.74) is 1.96. The number of nitrogens with one attached hydrogen (secondary N) is 1. The first kappa shape index (κ1) is 13.1. The van der Waals surface area contributed by atoms with Crippen molar-refractivity contribution >= 4 is 27.1 Å². The largest absolute Gasteiger partial charge is 0.348 e. The van der Waals surface area contributed by atoms with Crippen LogP contribution in [0.25, 0.3) is 0 Å². The van der Waals surface area contributed by atoms with Gasteiger partial charge in [0.1, 0.15) is 0 Å². The molecule has 0 unspecified atom stereocenters. The van der Waals surface area contributed by atoms with Crippen LogP contribution in [0.15, 0.2) is 5.38 Å². The van der Waals surface area contributed by atoms with Gasteiger partial charge in [-0.2, -0.15) is 0 Å². The van der Waals surface area contributed by atoms with Gasteiger partial charge in [0.05, 0.1) is 17.1 Å². The number of rotatable bonds is 2. The predicted molar refractivity (Wildman–Crippen MR) is 75.5 cm³/mol. The zero-order valence-corrected chi connectivity index (χ0v) is 12.3. The standard InChI is InChI=1S/C13H17NO3S2/c15-13(14-9-5-6-19(16,17)8-9)11-7-18-12-4-2-1-3-10(11)12/h7,9H,1-6,8H2,(H,14,15)/t9-/m0/s1. The van der Waals surface area contributed by atoms with E-state index in [0.717, 1.165) is 24.8 Å². The second-order valence-corrected chi connectivity index (χ2v) is 8.52. The van der Waals surface area contributed by atoms with Crippen molar-refractivity contribution in [3.8, 4) is 0 Å². The summed E-state index contributed by atoms with van der Waals surface area (Å²) >= 11 is 1.66. The van der Waals surface area contributed by atoms with Gasteiger partial charge < -0.3 is 5.32 Å². The normalized spacial score (nSPS) is 24.9. The molecule has 0 radical (unpaired) electrons. The quantitative estimate of drug-likeness (QED) is 0.901. The number of carbonyl (C=O) groups is 1. The van der Waals surface area contributed by atoms with Gasteiger partial charge in [0.15, 0.2) is 9.84 Å². The van der Waals surface area contributed by atoms with Crippen LogP contribution in [-0.2, 0) is 22.7 Å². The lowest BCUT2D eigenvalue weighted by molar-refractivity contribution is 0.0940. The minimum atomic E-state index is -2.94. The number of hydrogen-bond acceptors (Lipinski definition) is 4. The van der Waals surface area contributed by atoms with Crippen molar-refractivity contribution < 1.29 is 13.2 Å². The highest BCUT2D eigenvalue weighted by Gasteiger charge is 2.30. The first-order chi connectivity index (χ1) is 9.05. The topological polar surface area (TPSA) is 63.2 Å². The molecule has 1 aliphatic heterocycles. The van der Waals surface area contributed by atoms with Crippen LogP contribution in [-0.4, -0.2) is 31.9 Å². The SMILES string of the molecule is O=C(N[C@H]1CCS(=O)(=O)C1)c1csc2c1CCCC2. The van der Waals surface area contributed by atoms with E-state index in [4.69, 9.17) is 0 Å². The molecule has 2 heterocycles. The molecule has 0 spiro atoms. The summed E-state index contributed by atoms with van der Waals surface area (Å²) in [5, 5.41) is 4.80. The van der Waals surface area contributed by atoms with Gasteiger partial charge in [0.25, 0.3) is 5.91 Å². The van der Waals surface area contributed by atoms with Gasteiger partial charge in [-0.15, -0.1) is 11.3 Å². The van der Waals surface area contributed by atoms with E-state index in [1.807, 2.05) is 5.38 Å². The van der Waals surface area contributed by atoms with Crippen molar-refractivity contribution in [3.63, 3.8) is 0 Å². The summed E-state index contributed by atoms with van der Waals surface area (Å²) in [6.45, 7) is 0. The fraction of sp³-hybridized carbons (Fsp3) is 0.615. The molecule has 1 fully saturated rings. The van der Waals surface area contributed by atoms with Crippen LogP contribution >= 0.6 is 11.3 Å². The van der Waals surface area contributed by atoms with Crippen LogP contribution in [0.1, 0.15) is 40.1 Å². The Labute approximate surface area is 117 Å². The fourth-order valence-electron chi connectivity index (χ4n) is 2.86. The first-order valence-corrected chi connectivity index (χ1v) is 9.36. The Bertz CT molecular complexity index is 603. The van der Waals surface area contributed by atoms with E-state index in [1.165, 1.54) is 16.9 Å². The molecule has 3 rings (SSSR count). The van der Waals surface area contributed by atoms with Crippen molar-refractivity contribution in [2.75, 3.05) is 11.5 Å². The molecule has 1 atom stereocenters. The third-order valence-electron chi connectivity index (χ3n) is 3.87. The number of amides is 1. The lowest BCUT2D eigenvalue weighted by atomic mass is 9.95. The Morgan fingerprint density at radius 2 is 2.11 bits per heavy atom. The van der Waals surface area contributed by atoms with Crippen LogP contribution < -0.4 is 5.32 Å². The monoisotopic (exact) mass is 299 g/mol. The van der Waals surface area contributed by atoms with E-state index in [1.54, 1.807) is 11.3 Å². The highest BCUT2D eigenvalue weighted by molar-refractivity contribution is 7.91. The molecule has 0 aromatic carbocycles. The van der Waals surface area contributed by atoms with Gasteiger partial charge in [-0.25, -0.2) is 8.42 Å². The summed E-state index contributed by atoms with van der Waals surface area (Å²) in [6.07, 6.45) is 4.94. The number of sulfone groups is 1. The first-order valence-electron chi connectivity index (χ1n) is 6.66. The van der Waals surface area contributed by atoms with Gasteiger partial charge >= 0.3 is 0 Å². The van der Waals surface area contributed by atoms with E-state index >= 15 is 0 Å². The molecule has 1 aromatic heterocycles. The van der Waals surface area contributed by atoms with Crippen LogP contribution in [0.2, 0.25) is 0 Å². The van der Waals surface area contributed by atoms with E-state index < -0.39 is 9.84 Å². The Kier molecular flexibility index (Phi) is 3.39. The summed E-state index contributed by atoms with van der Waals surface area (Å²) in [5.74, 6) is 0.187. The second kappa shape index (κ2) is 4.90. The number of thiophene rings is 1.